The normalized spacial score (nSPS) is 18.1. The van der Waals surface area contributed by atoms with Gasteiger partial charge in [-0.1, -0.05) is 12.1 Å². The molecule has 1 aliphatic heterocycles. The highest BCUT2D eigenvalue weighted by Crippen LogP contribution is 2.12. The maximum Gasteiger partial charge on any atom is 0.237 e. The minimum absolute atomic E-state index is 0.170. The summed E-state index contributed by atoms with van der Waals surface area (Å²) in [5, 5.41) is 5.52. The second-order valence-corrected chi connectivity index (χ2v) is 6.66. The molecule has 2 rings (SSSR count). The third-order valence-electron chi connectivity index (χ3n) is 3.73. The van der Waals surface area contributed by atoms with E-state index in [-0.39, 0.29) is 5.91 Å². The third-order valence-corrected chi connectivity index (χ3v) is 4.59. The molecule has 1 fully saturated rings. The van der Waals surface area contributed by atoms with Crippen LogP contribution < -0.4 is 5.32 Å². The Balaban J connectivity index is 1.83. The van der Waals surface area contributed by atoms with Crippen LogP contribution in [0.4, 0.5) is 0 Å². The Labute approximate surface area is 131 Å². The van der Waals surface area contributed by atoms with Gasteiger partial charge >= 0.3 is 0 Å². The number of hydrogen-bond donors (Lipinski definition) is 1. The molecule has 0 aromatic carbocycles. The summed E-state index contributed by atoms with van der Waals surface area (Å²) in [5.41, 5.74) is 0. The van der Waals surface area contributed by atoms with Crippen molar-refractivity contribution in [2.75, 3.05) is 33.2 Å². The highest BCUT2D eigenvalue weighted by Gasteiger charge is 2.19. The van der Waals surface area contributed by atoms with Gasteiger partial charge in [-0.2, -0.15) is 0 Å². The number of thiophene rings is 1. The van der Waals surface area contributed by atoms with Gasteiger partial charge in [0.2, 0.25) is 5.91 Å². The smallest absolute Gasteiger partial charge is 0.237 e. The molecule has 116 valence electrons. The fourth-order valence-electron chi connectivity index (χ4n) is 2.69. The Kier molecular flexibility index (Phi) is 6.42. The summed E-state index contributed by atoms with van der Waals surface area (Å²) in [4.78, 5) is 17.7. The molecule has 0 bridgehead atoms. The Bertz CT molecular complexity index is 440. The first-order valence-corrected chi connectivity index (χ1v) is 8.40. The van der Waals surface area contributed by atoms with Crippen molar-refractivity contribution in [3.63, 3.8) is 0 Å². The lowest BCUT2D eigenvalue weighted by Gasteiger charge is -2.25. The summed E-state index contributed by atoms with van der Waals surface area (Å²) < 4.78 is 0. The molecule has 0 spiro atoms. The molecule has 21 heavy (non-hydrogen) atoms. The van der Waals surface area contributed by atoms with Crippen molar-refractivity contribution in [3.05, 3.63) is 35.0 Å². The van der Waals surface area contributed by atoms with Gasteiger partial charge in [0.05, 0.1) is 13.1 Å². The van der Waals surface area contributed by atoms with E-state index in [0.717, 1.165) is 13.1 Å². The van der Waals surface area contributed by atoms with Crippen LogP contribution in [0.3, 0.4) is 0 Å². The number of amides is 1. The summed E-state index contributed by atoms with van der Waals surface area (Å²) in [6.45, 7) is 7.55. The quantitative estimate of drug-likeness (QED) is 0.746. The van der Waals surface area contributed by atoms with Crippen LogP contribution >= 0.6 is 11.3 Å². The van der Waals surface area contributed by atoms with Gasteiger partial charge in [0, 0.05) is 24.0 Å². The van der Waals surface area contributed by atoms with Crippen LogP contribution in [-0.2, 0) is 11.3 Å². The number of rotatable bonds is 8. The van der Waals surface area contributed by atoms with E-state index in [0.29, 0.717) is 25.7 Å². The lowest BCUT2D eigenvalue weighted by Crippen LogP contribution is -2.42. The molecule has 1 atom stereocenters. The lowest BCUT2D eigenvalue weighted by atomic mass is 10.2. The van der Waals surface area contributed by atoms with Crippen LogP contribution in [0, 0.1) is 0 Å². The first-order chi connectivity index (χ1) is 10.2. The van der Waals surface area contributed by atoms with E-state index >= 15 is 0 Å². The highest BCUT2D eigenvalue weighted by molar-refractivity contribution is 7.09. The zero-order valence-electron chi connectivity index (χ0n) is 12.8. The van der Waals surface area contributed by atoms with E-state index in [9.17, 15) is 4.79 Å². The number of nitrogens with one attached hydrogen (secondary N) is 1. The molecule has 0 aliphatic carbocycles. The maximum atomic E-state index is 12.5. The third kappa shape index (κ3) is 5.26. The van der Waals surface area contributed by atoms with Gasteiger partial charge < -0.3 is 10.2 Å². The summed E-state index contributed by atoms with van der Waals surface area (Å²) in [6, 6.07) is 4.63. The molecular weight excluding hydrogens is 282 g/mol. The van der Waals surface area contributed by atoms with E-state index < -0.39 is 0 Å². The molecule has 0 radical (unpaired) electrons. The molecule has 1 unspecified atom stereocenters. The van der Waals surface area contributed by atoms with Gasteiger partial charge in [-0.25, -0.2) is 0 Å². The van der Waals surface area contributed by atoms with Gasteiger partial charge in [-0.3, -0.25) is 9.69 Å². The molecule has 1 saturated heterocycles. The predicted molar refractivity (Wildman–Crippen MR) is 88.5 cm³/mol. The van der Waals surface area contributed by atoms with Gasteiger partial charge in [-0.15, -0.1) is 17.9 Å². The van der Waals surface area contributed by atoms with Crippen LogP contribution in [0.15, 0.2) is 30.2 Å². The molecule has 2 heterocycles. The molecule has 1 amide bonds. The van der Waals surface area contributed by atoms with Crippen molar-refractivity contribution in [2.24, 2.45) is 0 Å². The van der Waals surface area contributed by atoms with E-state index in [4.69, 9.17) is 0 Å². The predicted octanol–water partition coefficient (Wildman–Crippen LogP) is 1.95. The van der Waals surface area contributed by atoms with Gasteiger partial charge in [0.25, 0.3) is 0 Å². The first-order valence-electron chi connectivity index (χ1n) is 7.52. The highest BCUT2D eigenvalue weighted by atomic mass is 32.1. The van der Waals surface area contributed by atoms with Gasteiger partial charge in [0.1, 0.15) is 0 Å². The topological polar surface area (TPSA) is 35.6 Å². The van der Waals surface area contributed by atoms with Crippen molar-refractivity contribution in [1.29, 1.82) is 0 Å². The van der Waals surface area contributed by atoms with Crippen LogP contribution in [0.5, 0.6) is 0 Å². The summed E-state index contributed by atoms with van der Waals surface area (Å²) >= 11 is 1.69. The van der Waals surface area contributed by atoms with Gasteiger partial charge in [-0.05, 0) is 37.9 Å². The van der Waals surface area contributed by atoms with Crippen LogP contribution in [0.1, 0.15) is 17.7 Å². The fourth-order valence-corrected chi connectivity index (χ4v) is 3.40. The summed E-state index contributed by atoms with van der Waals surface area (Å²) in [5.74, 6) is 0.170. The zero-order valence-corrected chi connectivity index (χ0v) is 13.6. The lowest BCUT2D eigenvalue weighted by molar-refractivity contribution is -0.132. The number of carbonyl (C=O) groups is 1. The molecule has 1 N–H and O–H groups in total. The Morgan fingerprint density at radius 1 is 1.62 bits per heavy atom. The summed E-state index contributed by atoms with van der Waals surface area (Å²) in [6.07, 6.45) is 4.25. The standard InChI is InChI=1S/C16H25N3OS/c1-3-9-19(12-15-7-5-10-21-15)16(20)13-18(2)11-14-6-4-8-17-14/h3,5,7,10,14,17H,1,4,6,8-9,11-13H2,2H3. The van der Waals surface area contributed by atoms with E-state index in [1.165, 1.54) is 17.7 Å². The maximum absolute atomic E-state index is 12.5. The van der Waals surface area contributed by atoms with Crippen LogP contribution in [-0.4, -0.2) is 55.0 Å². The van der Waals surface area contributed by atoms with Crippen molar-refractivity contribution >= 4 is 17.2 Å². The van der Waals surface area contributed by atoms with E-state index in [1.807, 2.05) is 23.4 Å². The second-order valence-electron chi connectivity index (χ2n) is 5.63. The number of likely N-dealkylation sites (N-methyl/N-ethyl adjacent to an activating group) is 1. The average Bonchev–Trinajstić information content (AvgIpc) is 3.11. The molecule has 1 aromatic heterocycles. The molecular formula is C16H25N3OS. The van der Waals surface area contributed by atoms with Gasteiger partial charge in [0.15, 0.2) is 0 Å². The number of hydrogen-bond acceptors (Lipinski definition) is 4. The Morgan fingerprint density at radius 2 is 2.48 bits per heavy atom. The second kappa shape index (κ2) is 8.32. The largest absolute Gasteiger partial charge is 0.333 e. The first kappa shape index (κ1) is 16.2. The van der Waals surface area contributed by atoms with Crippen LogP contribution in [0.2, 0.25) is 0 Å². The average molecular weight is 307 g/mol. The van der Waals surface area contributed by atoms with Crippen molar-refractivity contribution < 1.29 is 4.79 Å². The monoisotopic (exact) mass is 307 g/mol. The fraction of sp³-hybridized carbons (Fsp3) is 0.562. The number of nitrogens with zero attached hydrogens (tertiary/aromatic N) is 2. The van der Waals surface area contributed by atoms with E-state index in [2.05, 4.69) is 22.9 Å². The molecule has 1 aromatic rings. The van der Waals surface area contributed by atoms with Crippen molar-refractivity contribution in [3.8, 4) is 0 Å². The van der Waals surface area contributed by atoms with Crippen molar-refractivity contribution in [2.45, 2.75) is 25.4 Å². The van der Waals surface area contributed by atoms with Crippen LogP contribution in [0.25, 0.3) is 0 Å². The Morgan fingerprint density at radius 3 is 3.10 bits per heavy atom. The summed E-state index contributed by atoms with van der Waals surface area (Å²) in [7, 11) is 2.02. The Hall–Kier alpha value is -1.17. The number of carbonyl (C=O) groups excluding carboxylic acids is 1. The van der Waals surface area contributed by atoms with Crippen molar-refractivity contribution in [1.82, 2.24) is 15.1 Å². The molecule has 5 heteroatoms. The zero-order chi connectivity index (χ0) is 15.1. The molecule has 0 saturated carbocycles. The van der Waals surface area contributed by atoms with E-state index in [1.54, 1.807) is 17.4 Å². The molecule has 4 nitrogen and oxygen atoms in total. The minimum atomic E-state index is 0.170. The SMILES string of the molecule is C=CCN(Cc1cccs1)C(=O)CN(C)CC1CCCN1. The molecule has 1 aliphatic rings. The minimum Gasteiger partial charge on any atom is -0.333 e.